The molecule has 0 atom stereocenters. The average Bonchev–Trinajstić information content (AvgIpc) is 2.71. The number of aromatic carboxylic acids is 1. The van der Waals surface area contributed by atoms with E-state index in [0.29, 0.717) is 30.8 Å². The maximum Gasteiger partial charge on any atom is 0.339 e. The number of aryl methyl sites for hydroxylation is 1. The molecule has 2 aromatic rings. The van der Waals surface area contributed by atoms with Crippen molar-refractivity contribution in [2.45, 2.75) is 78.1 Å². The van der Waals surface area contributed by atoms with Gasteiger partial charge in [0, 0.05) is 11.1 Å². The van der Waals surface area contributed by atoms with Crippen LogP contribution in [0.1, 0.15) is 86.8 Å². The van der Waals surface area contributed by atoms with Gasteiger partial charge in [0.25, 0.3) is 0 Å². The van der Waals surface area contributed by atoms with E-state index in [2.05, 4.69) is 0 Å². The first kappa shape index (κ1) is 25.4. The van der Waals surface area contributed by atoms with Gasteiger partial charge in [0.1, 0.15) is 17.1 Å². The highest BCUT2D eigenvalue weighted by atomic mass is 16.5. The van der Waals surface area contributed by atoms with Crippen molar-refractivity contribution in [3.63, 3.8) is 0 Å². The fraction of sp³-hybridized carbons (Fsp3) is 0.500. The number of hydrogen-bond acceptors (Lipinski definition) is 5. The summed E-state index contributed by atoms with van der Waals surface area (Å²) in [7, 11) is 0. The summed E-state index contributed by atoms with van der Waals surface area (Å²) in [5.41, 5.74) is 1.69. The van der Waals surface area contributed by atoms with Crippen molar-refractivity contribution in [3.05, 3.63) is 46.5 Å². The van der Waals surface area contributed by atoms with Crippen LogP contribution in [0.4, 0.5) is 0 Å². The highest BCUT2D eigenvalue weighted by Gasteiger charge is 2.21. The van der Waals surface area contributed by atoms with E-state index >= 15 is 0 Å². The molecule has 0 amide bonds. The maximum atomic E-state index is 11.2. The second-order valence-electron chi connectivity index (χ2n) is 9.23. The molecule has 0 spiro atoms. The fourth-order valence-electron chi connectivity index (χ4n) is 3.80. The lowest BCUT2D eigenvalue weighted by atomic mass is 9.85. The van der Waals surface area contributed by atoms with Crippen LogP contribution in [0.15, 0.2) is 24.3 Å². The predicted molar refractivity (Wildman–Crippen MR) is 125 cm³/mol. The Morgan fingerprint density at radius 2 is 1.56 bits per heavy atom. The summed E-state index contributed by atoms with van der Waals surface area (Å²) in [6, 6.07) is 6.77. The minimum Gasteiger partial charge on any atom is -0.507 e. The summed E-state index contributed by atoms with van der Waals surface area (Å²) in [6.07, 6.45) is 5.61. The Bertz CT molecular complexity index is 927. The van der Waals surface area contributed by atoms with Crippen molar-refractivity contribution in [2.24, 2.45) is 0 Å². The van der Waals surface area contributed by atoms with Crippen LogP contribution in [0, 0.1) is 0 Å². The Labute approximate surface area is 190 Å². The second-order valence-corrected chi connectivity index (χ2v) is 9.23. The molecule has 32 heavy (non-hydrogen) atoms. The maximum absolute atomic E-state index is 11.2. The molecule has 6 heteroatoms. The monoisotopic (exact) mass is 444 g/mol. The number of rotatable bonds is 11. The number of benzene rings is 2. The lowest BCUT2D eigenvalue weighted by molar-refractivity contribution is 0.0693. The molecule has 4 N–H and O–H groups in total. The van der Waals surface area contributed by atoms with Gasteiger partial charge in [0.15, 0.2) is 11.5 Å². The summed E-state index contributed by atoms with van der Waals surface area (Å²) in [5, 5.41) is 40.1. The first-order valence-electron chi connectivity index (χ1n) is 11.3. The van der Waals surface area contributed by atoms with Gasteiger partial charge in [-0.1, -0.05) is 59.1 Å². The summed E-state index contributed by atoms with van der Waals surface area (Å²) >= 11 is 0. The highest BCUT2D eigenvalue weighted by Crippen LogP contribution is 2.39. The Hall–Kier alpha value is -2.89. The van der Waals surface area contributed by atoms with Crippen LogP contribution < -0.4 is 4.74 Å². The molecule has 176 valence electrons. The Kier molecular flexibility index (Phi) is 8.81. The third-order valence-electron chi connectivity index (χ3n) is 5.61. The lowest BCUT2D eigenvalue weighted by Crippen LogP contribution is -2.11. The predicted octanol–water partition coefficient (Wildman–Crippen LogP) is 5.93. The second kappa shape index (κ2) is 11.1. The van der Waals surface area contributed by atoms with E-state index < -0.39 is 5.97 Å². The normalized spacial score (nSPS) is 11.5. The van der Waals surface area contributed by atoms with Crippen molar-refractivity contribution >= 4 is 5.97 Å². The number of phenolic OH excluding ortho intramolecular Hbond substituents is 2. The molecule has 0 heterocycles. The molecular weight excluding hydrogens is 408 g/mol. The molecule has 2 rings (SSSR count). The van der Waals surface area contributed by atoms with Gasteiger partial charge in [0.05, 0.1) is 6.61 Å². The first-order valence-corrected chi connectivity index (χ1v) is 11.3. The van der Waals surface area contributed by atoms with Gasteiger partial charge in [-0.05, 0) is 48.8 Å². The van der Waals surface area contributed by atoms with E-state index in [4.69, 9.17) is 4.74 Å². The Morgan fingerprint density at radius 1 is 0.875 bits per heavy atom. The van der Waals surface area contributed by atoms with Crippen LogP contribution in [0.2, 0.25) is 0 Å². The van der Waals surface area contributed by atoms with Gasteiger partial charge in [-0.25, -0.2) is 4.79 Å². The van der Waals surface area contributed by atoms with Gasteiger partial charge < -0.3 is 25.2 Å². The first-order chi connectivity index (χ1) is 15.1. The van der Waals surface area contributed by atoms with Gasteiger partial charge in [-0.15, -0.1) is 0 Å². The van der Waals surface area contributed by atoms with Crippen LogP contribution >= 0.6 is 0 Å². The van der Waals surface area contributed by atoms with Crippen LogP contribution in [0.5, 0.6) is 23.0 Å². The molecule has 0 bridgehead atoms. The number of hydrogen-bond donors (Lipinski definition) is 4. The van der Waals surface area contributed by atoms with E-state index in [0.717, 1.165) is 43.2 Å². The molecule has 2 aromatic carbocycles. The molecular formula is C26H36O6. The summed E-state index contributed by atoms with van der Waals surface area (Å²) in [4.78, 5) is 11.2. The Balaban J connectivity index is 1.82. The SMILES string of the molecule is CCCc1c(OCCCCCCc2ccc(C(C)(C)C)c(O)c2O)ccc(C(=O)O)c1O. The molecule has 6 nitrogen and oxygen atoms in total. The van der Waals surface area contributed by atoms with Crippen molar-refractivity contribution in [1.29, 1.82) is 0 Å². The van der Waals surface area contributed by atoms with Gasteiger partial charge in [-0.2, -0.15) is 0 Å². The fourth-order valence-corrected chi connectivity index (χ4v) is 3.80. The van der Waals surface area contributed by atoms with Crippen LogP contribution in [-0.4, -0.2) is 33.0 Å². The third kappa shape index (κ3) is 6.31. The largest absolute Gasteiger partial charge is 0.507 e. The van der Waals surface area contributed by atoms with Crippen molar-refractivity contribution in [2.75, 3.05) is 6.61 Å². The van der Waals surface area contributed by atoms with Crippen molar-refractivity contribution in [1.82, 2.24) is 0 Å². The molecule has 0 fully saturated rings. The summed E-state index contributed by atoms with van der Waals surface area (Å²) < 4.78 is 5.82. The van der Waals surface area contributed by atoms with E-state index in [-0.39, 0.29) is 28.2 Å². The van der Waals surface area contributed by atoms with Gasteiger partial charge in [-0.3, -0.25) is 0 Å². The number of phenols is 3. The molecule has 0 aliphatic carbocycles. The number of carbonyl (C=O) groups is 1. The highest BCUT2D eigenvalue weighted by molar-refractivity contribution is 5.91. The topological polar surface area (TPSA) is 107 Å². The molecule has 0 aromatic heterocycles. The zero-order chi connectivity index (χ0) is 23.9. The minimum absolute atomic E-state index is 0.0196. The van der Waals surface area contributed by atoms with Crippen LogP contribution in [-0.2, 0) is 18.3 Å². The Morgan fingerprint density at radius 3 is 2.19 bits per heavy atom. The smallest absolute Gasteiger partial charge is 0.339 e. The summed E-state index contributed by atoms with van der Waals surface area (Å²) in [6.45, 7) is 8.43. The quantitative estimate of drug-likeness (QED) is 0.253. The summed E-state index contributed by atoms with van der Waals surface area (Å²) in [5.74, 6) is -0.873. The number of aromatic hydroxyl groups is 3. The van der Waals surface area contributed by atoms with Crippen LogP contribution in [0.25, 0.3) is 0 Å². The third-order valence-corrected chi connectivity index (χ3v) is 5.61. The van der Waals surface area contributed by atoms with Crippen LogP contribution in [0.3, 0.4) is 0 Å². The van der Waals surface area contributed by atoms with E-state index in [9.17, 15) is 25.2 Å². The number of ether oxygens (including phenoxy) is 1. The molecule has 0 aliphatic heterocycles. The van der Waals surface area contributed by atoms with Crippen molar-refractivity contribution < 1.29 is 30.0 Å². The van der Waals surface area contributed by atoms with E-state index in [1.807, 2.05) is 39.8 Å². The zero-order valence-electron chi connectivity index (χ0n) is 19.6. The number of carboxylic acid groups (broad SMARTS) is 1. The molecule has 0 saturated heterocycles. The van der Waals surface area contributed by atoms with Crippen molar-refractivity contribution in [3.8, 4) is 23.0 Å². The standard InChI is InChI=1S/C26H36O6/c1-5-10-18-21(15-13-19(23(18)28)25(30)31)32-16-9-7-6-8-11-17-12-14-20(26(2,3)4)24(29)22(17)27/h12-15,27-29H,5-11,16H2,1-4H3,(H,30,31). The molecule has 0 saturated carbocycles. The number of carboxylic acids is 1. The van der Waals surface area contributed by atoms with E-state index in [1.165, 1.54) is 6.07 Å². The molecule has 0 aliphatic rings. The zero-order valence-corrected chi connectivity index (χ0v) is 19.6. The van der Waals surface area contributed by atoms with E-state index in [1.54, 1.807) is 6.07 Å². The lowest BCUT2D eigenvalue weighted by Gasteiger charge is -2.21. The minimum atomic E-state index is -1.15. The average molecular weight is 445 g/mol. The number of unbranched alkanes of at least 4 members (excludes halogenated alkanes) is 3. The molecule has 0 radical (unpaired) electrons. The van der Waals surface area contributed by atoms with Gasteiger partial charge >= 0.3 is 5.97 Å². The molecule has 0 unspecified atom stereocenters. The van der Waals surface area contributed by atoms with Gasteiger partial charge in [0.2, 0.25) is 0 Å².